The summed E-state index contributed by atoms with van der Waals surface area (Å²) in [5, 5.41) is -0.970. The Morgan fingerprint density at radius 1 is 0.903 bits per heavy atom. The molecule has 0 amide bonds. The zero-order chi connectivity index (χ0) is 22.8. The van der Waals surface area contributed by atoms with Gasteiger partial charge in [-0.1, -0.05) is 0 Å². The summed E-state index contributed by atoms with van der Waals surface area (Å²) in [5.74, 6) is -0.528. The monoisotopic (exact) mass is 492 g/mol. The number of imidazole rings is 1. The van der Waals surface area contributed by atoms with Gasteiger partial charge in [-0.05, 0) is 24.6 Å². The maximum Gasteiger partial charge on any atom is 0.328 e. The zero-order valence-electron chi connectivity index (χ0n) is 17.1. The number of sulfonamides is 2. The molecule has 2 aliphatic rings. The van der Waals surface area contributed by atoms with Crippen LogP contribution in [0.25, 0.3) is 11.0 Å². The van der Waals surface area contributed by atoms with Crippen LogP contribution in [0.15, 0.2) is 27.9 Å². The molecule has 172 valence electrons. The van der Waals surface area contributed by atoms with E-state index in [0.717, 1.165) is 0 Å². The predicted octanol–water partition coefficient (Wildman–Crippen LogP) is -1.30. The van der Waals surface area contributed by atoms with E-state index < -0.39 is 35.1 Å². The van der Waals surface area contributed by atoms with Gasteiger partial charge in [-0.3, -0.25) is 9.13 Å². The lowest BCUT2D eigenvalue weighted by molar-refractivity contribution is 0.271. The predicted molar refractivity (Wildman–Crippen MR) is 114 cm³/mol. The van der Waals surface area contributed by atoms with Crippen LogP contribution >= 0.6 is 0 Å². The molecular weight excluding hydrogens is 468 g/mol. The normalized spacial score (nSPS) is 23.5. The Balaban J connectivity index is 1.54. The first kappa shape index (κ1) is 22.5. The summed E-state index contributed by atoms with van der Waals surface area (Å²) in [7, 11) is -7.88. The fourth-order valence-corrected chi connectivity index (χ4v) is 10.1. The number of fused-ring (bicyclic) bond motifs is 1. The van der Waals surface area contributed by atoms with Gasteiger partial charge in [-0.15, -0.1) is 0 Å². The van der Waals surface area contributed by atoms with Crippen LogP contribution in [0.5, 0.6) is 0 Å². The smallest absolute Gasteiger partial charge is 0.295 e. The highest BCUT2D eigenvalue weighted by Gasteiger charge is 2.42. The first-order chi connectivity index (χ1) is 14.3. The molecule has 11 nitrogen and oxygen atoms in total. The molecular formula is C17H24N4O7S3. The van der Waals surface area contributed by atoms with Crippen LogP contribution in [0.3, 0.4) is 0 Å². The third kappa shape index (κ3) is 3.73. The van der Waals surface area contributed by atoms with Crippen LogP contribution in [0, 0.1) is 0 Å². The largest absolute Gasteiger partial charge is 0.328 e. The van der Waals surface area contributed by atoms with Crippen molar-refractivity contribution < 1.29 is 25.3 Å². The number of benzene rings is 1. The Bertz CT molecular complexity index is 1410. The number of aromatic nitrogens is 2. The lowest BCUT2D eigenvalue weighted by atomic mass is 10.3. The Morgan fingerprint density at radius 2 is 1.48 bits per heavy atom. The summed E-state index contributed by atoms with van der Waals surface area (Å²) in [6.45, 7) is -0.145. The lowest BCUT2D eigenvalue weighted by Gasteiger charge is -2.34. The third-order valence-electron chi connectivity index (χ3n) is 6.05. The average molecular weight is 493 g/mol. The number of nitrogens with zero attached hydrogens (tertiary/aromatic N) is 4. The van der Waals surface area contributed by atoms with Crippen molar-refractivity contribution in [3.05, 3.63) is 28.7 Å². The fourth-order valence-electron chi connectivity index (χ4n) is 4.17. The molecule has 1 aromatic carbocycles. The first-order valence-electron chi connectivity index (χ1n) is 9.69. The molecule has 0 N–H and O–H groups in total. The quantitative estimate of drug-likeness (QED) is 0.517. The van der Waals surface area contributed by atoms with Crippen LogP contribution < -0.4 is 5.69 Å². The van der Waals surface area contributed by atoms with E-state index >= 15 is 0 Å². The minimum Gasteiger partial charge on any atom is -0.295 e. The molecule has 2 aromatic rings. The van der Waals surface area contributed by atoms with E-state index in [9.17, 15) is 30.0 Å². The maximum absolute atomic E-state index is 13.1. The molecule has 0 spiro atoms. The minimum atomic E-state index is -3.89. The van der Waals surface area contributed by atoms with Gasteiger partial charge in [-0.2, -0.15) is 8.61 Å². The van der Waals surface area contributed by atoms with Crippen LogP contribution in [-0.4, -0.2) is 85.9 Å². The van der Waals surface area contributed by atoms with Crippen molar-refractivity contribution >= 4 is 40.9 Å². The molecule has 0 bridgehead atoms. The van der Waals surface area contributed by atoms with Crippen molar-refractivity contribution in [3.63, 3.8) is 0 Å². The van der Waals surface area contributed by atoms with Crippen LogP contribution in [0.1, 0.15) is 6.42 Å². The standard InChI is InChI=1S/C17H24N4O7S3/c1-18-15-4-3-13(11-16(15)19(2)17(18)22)30(25,26)20-6-8-21(9-7-20)31(27,28)14-5-10-29(23,24)12-14/h3-4,11,14H,5-10,12H2,1-2H3. The second-order valence-electron chi connectivity index (χ2n) is 7.92. The molecule has 3 heterocycles. The number of aryl methyl sites for hydroxylation is 2. The maximum atomic E-state index is 13.1. The lowest BCUT2D eigenvalue weighted by Crippen LogP contribution is -2.52. The fraction of sp³-hybridized carbons (Fsp3) is 0.588. The minimum absolute atomic E-state index is 0.0272. The Morgan fingerprint density at radius 3 is 2.06 bits per heavy atom. The van der Waals surface area contributed by atoms with E-state index in [4.69, 9.17) is 0 Å². The van der Waals surface area contributed by atoms with Gasteiger partial charge in [0.25, 0.3) is 0 Å². The molecule has 4 rings (SSSR count). The molecule has 1 atom stereocenters. The molecule has 0 radical (unpaired) electrons. The summed E-state index contributed by atoms with van der Waals surface area (Å²) in [4.78, 5) is 12.1. The van der Waals surface area contributed by atoms with Crippen LogP contribution in [0.4, 0.5) is 0 Å². The van der Waals surface area contributed by atoms with Crippen molar-refractivity contribution in [2.45, 2.75) is 16.6 Å². The molecule has 31 heavy (non-hydrogen) atoms. The topological polar surface area (TPSA) is 136 Å². The van der Waals surface area contributed by atoms with Crippen molar-refractivity contribution in [1.29, 1.82) is 0 Å². The van der Waals surface area contributed by atoms with Crippen LogP contribution in [-0.2, 0) is 44.0 Å². The van der Waals surface area contributed by atoms with E-state index in [1.165, 1.54) is 29.9 Å². The second kappa shape index (κ2) is 7.40. The summed E-state index contributed by atoms with van der Waals surface area (Å²) < 4.78 is 80.3. The third-order valence-corrected chi connectivity index (χ3v) is 12.3. The van der Waals surface area contributed by atoms with Gasteiger partial charge in [0, 0.05) is 40.3 Å². The highest BCUT2D eigenvalue weighted by molar-refractivity contribution is 7.95. The van der Waals surface area contributed by atoms with E-state index in [1.807, 2.05) is 0 Å². The SMILES string of the molecule is Cn1c(=O)n(C)c2cc(S(=O)(=O)N3CCN(S(=O)(=O)C4CCS(=O)(=O)C4)CC3)ccc21. The molecule has 1 unspecified atom stereocenters. The summed E-state index contributed by atoms with van der Waals surface area (Å²) in [6.07, 6.45) is 0.0684. The molecule has 2 saturated heterocycles. The van der Waals surface area contributed by atoms with E-state index in [2.05, 4.69) is 0 Å². The Labute approximate surface area is 180 Å². The summed E-state index contributed by atoms with van der Waals surface area (Å²) in [6, 6.07) is 4.45. The average Bonchev–Trinajstić information content (AvgIpc) is 3.21. The van der Waals surface area contributed by atoms with E-state index in [1.54, 1.807) is 20.2 Å². The number of hydrogen-bond donors (Lipinski definition) is 0. The van der Waals surface area contributed by atoms with Crippen molar-refractivity contribution in [3.8, 4) is 0 Å². The van der Waals surface area contributed by atoms with Gasteiger partial charge in [0.1, 0.15) is 0 Å². The zero-order valence-corrected chi connectivity index (χ0v) is 19.6. The van der Waals surface area contributed by atoms with Crippen molar-refractivity contribution in [1.82, 2.24) is 17.7 Å². The number of rotatable bonds is 4. The van der Waals surface area contributed by atoms with Gasteiger partial charge >= 0.3 is 5.69 Å². The van der Waals surface area contributed by atoms with Crippen molar-refractivity contribution in [2.75, 3.05) is 37.7 Å². The Hall–Kier alpha value is -1.74. The highest BCUT2D eigenvalue weighted by atomic mass is 32.2. The molecule has 0 aliphatic carbocycles. The van der Waals surface area contributed by atoms with Crippen LogP contribution in [0.2, 0.25) is 0 Å². The second-order valence-corrected chi connectivity index (χ2v) is 14.3. The van der Waals surface area contributed by atoms with Gasteiger partial charge in [0.15, 0.2) is 9.84 Å². The van der Waals surface area contributed by atoms with Gasteiger partial charge in [-0.25, -0.2) is 30.0 Å². The number of sulfone groups is 1. The highest BCUT2D eigenvalue weighted by Crippen LogP contribution is 2.26. The van der Waals surface area contributed by atoms with Gasteiger partial charge < -0.3 is 0 Å². The van der Waals surface area contributed by atoms with Crippen molar-refractivity contribution in [2.24, 2.45) is 14.1 Å². The number of hydrogen-bond acceptors (Lipinski definition) is 7. The first-order valence-corrected chi connectivity index (χ1v) is 14.5. The summed E-state index contributed by atoms with van der Waals surface area (Å²) >= 11 is 0. The molecule has 1 aromatic heterocycles. The molecule has 2 aliphatic heterocycles. The van der Waals surface area contributed by atoms with E-state index in [-0.39, 0.29) is 54.7 Å². The molecule has 2 fully saturated rings. The van der Waals surface area contributed by atoms with E-state index in [0.29, 0.717) is 11.0 Å². The molecule has 0 saturated carbocycles. The Kier molecular flexibility index (Phi) is 5.36. The molecule has 14 heteroatoms. The number of piperazine rings is 1. The van der Waals surface area contributed by atoms with Gasteiger partial charge in [0.2, 0.25) is 20.0 Å². The summed E-state index contributed by atoms with van der Waals surface area (Å²) in [5.41, 5.74) is 0.823. The van der Waals surface area contributed by atoms with Gasteiger partial charge in [0.05, 0.1) is 32.7 Å².